The number of hydrogen-bond acceptors (Lipinski definition) is 4. The van der Waals surface area contributed by atoms with Gasteiger partial charge in [-0.05, 0) is 43.2 Å². The number of thiophene rings is 1. The number of nitrogens with zero attached hydrogens (tertiary/aromatic N) is 1. The molecule has 3 rings (SSSR count). The number of carbonyl (C=O) groups is 2. The molecular weight excluding hydrogens is 338 g/mol. The van der Waals surface area contributed by atoms with Crippen LogP contribution in [0.1, 0.15) is 33.6 Å². The molecule has 0 aromatic carbocycles. The maximum absolute atomic E-state index is 12.2. The summed E-state index contributed by atoms with van der Waals surface area (Å²) in [5.74, 6) is 0.334. The Kier molecular flexibility index (Phi) is 5.75. The molecule has 2 amide bonds. The first-order chi connectivity index (χ1) is 12.1. The lowest BCUT2D eigenvalue weighted by molar-refractivity contribution is 0.0800. The van der Waals surface area contributed by atoms with Crippen LogP contribution in [0.4, 0.5) is 4.79 Å². The molecule has 2 N–H and O–H groups in total. The van der Waals surface area contributed by atoms with E-state index in [1.165, 1.54) is 4.88 Å². The Morgan fingerprint density at radius 2 is 2.16 bits per heavy atom. The van der Waals surface area contributed by atoms with Gasteiger partial charge in [-0.3, -0.25) is 4.79 Å². The van der Waals surface area contributed by atoms with Crippen LogP contribution >= 0.6 is 11.3 Å². The molecule has 2 aromatic heterocycles. The van der Waals surface area contributed by atoms with E-state index in [1.54, 1.807) is 34.7 Å². The zero-order valence-electron chi connectivity index (χ0n) is 14.3. The Balaban J connectivity index is 1.37. The number of aromatic nitrogens is 1. The van der Waals surface area contributed by atoms with Crippen LogP contribution in [0, 0.1) is 12.8 Å². The number of ether oxygens (including phenoxy) is 1. The Hall–Kier alpha value is -2.28. The van der Waals surface area contributed by atoms with Gasteiger partial charge in [0.05, 0.1) is 5.56 Å². The van der Waals surface area contributed by atoms with Crippen molar-refractivity contribution in [3.8, 4) is 0 Å². The number of H-pyrrole nitrogens is 1. The van der Waals surface area contributed by atoms with Gasteiger partial charge in [-0.25, -0.2) is 4.79 Å². The molecule has 0 radical (unpaired) electrons. The van der Waals surface area contributed by atoms with Crippen molar-refractivity contribution in [2.24, 2.45) is 5.92 Å². The van der Waals surface area contributed by atoms with Crippen LogP contribution in [0.2, 0.25) is 0 Å². The Morgan fingerprint density at radius 3 is 2.80 bits per heavy atom. The average molecular weight is 361 g/mol. The van der Waals surface area contributed by atoms with Gasteiger partial charge >= 0.3 is 6.09 Å². The fourth-order valence-corrected chi connectivity index (χ4v) is 3.63. The first-order valence-corrected chi connectivity index (χ1v) is 9.37. The van der Waals surface area contributed by atoms with Gasteiger partial charge in [-0.15, -0.1) is 11.3 Å². The number of amides is 2. The van der Waals surface area contributed by atoms with E-state index in [2.05, 4.69) is 10.3 Å². The van der Waals surface area contributed by atoms with Crippen molar-refractivity contribution in [2.45, 2.75) is 26.4 Å². The van der Waals surface area contributed by atoms with E-state index in [0.717, 1.165) is 18.4 Å². The van der Waals surface area contributed by atoms with Crippen molar-refractivity contribution in [2.75, 3.05) is 19.6 Å². The highest BCUT2D eigenvalue weighted by Gasteiger charge is 2.24. The minimum Gasteiger partial charge on any atom is -0.444 e. The van der Waals surface area contributed by atoms with Crippen molar-refractivity contribution in [3.63, 3.8) is 0 Å². The van der Waals surface area contributed by atoms with E-state index in [-0.39, 0.29) is 12.0 Å². The lowest BCUT2D eigenvalue weighted by Crippen LogP contribution is -2.41. The molecule has 25 heavy (non-hydrogen) atoms. The second kappa shape index (κ2) is 8.20. The number of aromatic amines is 1. The van der Waals surface area contributed by atoms with Crippen molar-refractivity contribution >= 4 is 23.3 Å². The van der Waals surface area contributed by atoms with Crippen molar-refractivity contribution in [3.05, 3.63) is 45.9 Å². The number of nitrogens with one attached hydrogen (secondary N) is 2. The molecule has 0 bridgehead atoms. The number of likely N-dealkylation sites (tertiary alicyclic amines) is 1. The smallest absolute Gasteiger partial charge is 0.410 e. The van der Waals surface area contributed by atoms with E-state index in [4.69, 9.17) is 4.74 Å². The van der Waals surface area contributed by atoms with Crippen LogP contribution in [-0.2, 0) is 11.3 Å². The largest absolute Gasteiger partial charge is 0.444 e. The van der Waals surface area contributed by atoms with Crippen molar-refractivity contribution in [1.82, 2.24) is 15.2 Å². The van der Waals surface area contributed by atoms with Crippen LogP contribution in [-0.4, -0.2) is 41.5 Å². The zero-order chi connectivity index (χ0) is 17.6. The summed E-state index contributed by atoms with van der Waals surface area (Å²) in [7, 11) is 0. The molecule has 2 aromatic rings. The Morgan fingerprint density at radius 1 is 1.36 bits per heavy atom. The van der Waals surface area contributed by atoms with E-state index in [1.807, 2.05) is 18.4 Å². The average Bonchev–Trinajstić information content (AvgIpc) is 3.30. The number of aryl methyl sites for hydroxylation is 1. The molecule has 0 atom stereocenters. The van der Waals surface area contributed by atoms with Crippen LogP contribution in [0.5, 0.6) is 0 Å². The molecule has 1 aliphatic rings. The summed E-state index contributed by atoms with van der Waals surface area (Å²) in [5.41, 5.74) is 1.71. The highest BCUT2D eigenvalue weighted by Crippen LogP contribution is 2.19. The first-order valence-electron chi connectivity index (χ1n) is 8.49. The van der Waals surface area contributed by atoms with E-state index < -0.39 is 0 Å². The maximum atomic E-state index is 12.2. The minimum absolute atomic E-state index is 0.0609. The first kappa shape index (κ1) is 17.5. The third-order valence-corrected chi connectivity index (χ3v) is 5.49. The van der Waals surface area contributed by atoms with Gasteiger partial charge in [0.2, 0.25) is 0 Å². The van der Waals surface area contributed by atoms with E-state index in [0.29, 0.717) is 37.7 Å². The van der Waals surface area contributed by atoms with Gasteiger partial charge < -0.3 is 19.9 Å². The summed E-state index contributed by atoms with van der Waals surface area (Å²) in [6.45, 7) is 4.35. The van der Waals surface area contributed by atoms with Gasteiger partial charge in [-0.1, -0.05) is 0 Å². The van der Waals surface area contributed by atoms with Gasteiger partial charge in [0.15, 0.2) is 0 Å². The lowest BCUT2D eigenvalue weighted by Gasteiger charge is -2.31. The lowest BCUT2D eigenvalue weighted by atomic mass is 9.97. The van der Waals surface area contributed by atoms with Gasteiger partial charge in [0, 0.05) is 42.5 Å². The third-order valence-electron chi connectivity index (χ3n) is 4.60. The Labute approximate surface area is 151 Å². The molecule has 0 aliphatic carbocycles. The summed E-state index contributed by atoms with van der Waals surface area (Å²) < 4.78 is 5.41. The monoisotopic (exact) mass is 361 g/mol. The summed E-state index contributed by atoms with van der Waals surface area (Å²) in [6.07, 6.45) is 4.92. The second-order valence-corrected chi connectivity index (χ2v) is 7.42. The molecule has 1 fully saturated rings. The maximum Gasteiger partial charge on any atom is 0.410 e. The molecular formula is C18H23N3O3S. The molecule has 134 valence electrons. The van der Waals surface area contributed by atoms with Crippen molar-refractivity contribution < 1.29 is 14.3 Å². The molecule has 3 heterocycles. The summed E-state index contributed by atoms with van der Waals surface area (Å²) in [6, 6.07) is 3.75. The minimum atomic E-state index is -0.250. The predicted molar refractivity (Wildman–Crippen MR) is 96.7 cm³/mol. The fourth-order valence-electron chi connectivity index (χ4n) is 2.92. The quantitative estimate of drug-likeness (QED) is 0.859. The SMILES string of the molecule is Cc1sccc1COC(=O)N1CCC(CNC(=O)c2cc[nH]c2)CC1. The van der Waals surface area contributed by atoms with Gasteiger partial charge in [0.25, 0.3) is 5.91 Å². The molecule has 0 spiro atoms. The second-order valence-electron chi connectivity index (χ2n) is 6.30. The zero-order valence-corrected chi connectivity index (χ0v) is 15.1. The number of rotatable bonds is 5. The predicted octanol–water partition coefficient (Wildman–Crippen LogP) is 3.16. The highest BCUT2D eigenvalue weighted by molar-refractivity contribution is 7.10. The third kappa shape index (κ3) is 4.63. The standard InChI is InChI=1S/C18H23N3O3S/c1-13-16(5-9-25-13)12-24-18(23)21-7-3-14(4-8-21)10-20-17(22)15-2-6-19-11-15/h2,5-6,9,11,14,19H,3-4,7-8,10,12H2,1H3,(H,20,22). The molecule has 7 heteroatoms. The molecule has 0 unspecified atom stereocenters. The fraction of sp³-hybridized carbons (Fsp3) is 0.444. The van der Waals surface area contributed by atoms with Crippen molar-refractivity contribution in [1.29, 1.82) is 0 Å². The van der Waals surface area contributed by atoms with Crippen LogP contribution in [0.15, 0.2) is 29.9 Å². The normalized spacial score (nSPS) is 15.2. The summed E-state index contributed by atoms with van der Waals surface area (Å²) in [5, 5.41) is 4.96. The number of hydrogen-bond donors (Lipinski definition) is 2. The topological polar surface area (TPSA) is 74.4 Å². The molecule has 1 aliphatic heterocycles. The van der Waals surface area contributed by atoms with Crippen LogP contribution < -0.4 is 5.32 Å². The van der Waals surface area contributed by atoms with E-state index >= 15 is 0 Å². The number of carbonyl (C=O) groups excluding carboxylic acids is 2. The molecule has 6 nitrogen and oxygen atoms in total. The van der Waals surface area contributed by atoms with Gasteiger partial charge in [0.1, 0.15) is 6.61 Å². The van der Waals surface area contributed by atoms with Gasteiger partial charge in [-0.2, -0.15) is 0 Å². The van der Waals surface area contributed by atoms with Crippen LogP contribution in [0.3, 0.4) is 0 Å². The molecule has 0 saturated carbocycles. The van der Waals surface area contributed by atoms with Crippen LogP contribution in [0.25, 0.3) is 0 Å². The summed E-state index contributed by atoms with van der Waals surface area (Å²) >= 11 is 1.66. The molecule has 1 saturated heterocycles. The Bertz CT molecular complexity index is 703. The van der Waals surface area contributed by atoms with E-state index in [9.17, 15) is 9.59 Å². The summed E-state index contributed by atoms with van der Waals surface area (Å²) in [4.78, 5) is 29.9. The number of piperidine rings is 1. The highest BCUT2D eigenvalue weighted by atomic mass is 32.1.